The summed E-state index contributed by atoms with van der Waals surface area (Å²) in [7, 11) is 0. The summed E-state index contributed by atoms with van der Waals surface area (Å²) in [4.78, 5) is 22.6. The fourth-order valence-corrected chi connectivity index (χ4v) is 4.20. The topological polar surface area (TPSA) is 83.8 Å². The highest BCUT2D eigenvalue weighted by molar-refractivity contribution is 8.00. The number of aliphatic carboxylic acids is 1. The van der Waals surface area contributed by atoms with E-state index in [1.807, 2.05) is 12.2 Å². The molecule has 0 aliphatic heterocycles. The van der Waals surface area contributed by atoms with E-state index in [4.69, 9.17) is 9.84 Å². The minimum Gasteiger partial charge on any atom is -0.491 e. The summed E-state index contributed by atoms with van der Waals surface area (Å²) in [5.41, 5.74) is -0.817. The Morgan fingerprint density at radius 2 is 2.06 bits per heavy atom. The van der Waals surface area contributed by atoms with Crippen LogP contribution in [0.15, 0.2) is 48.6 Å². The van der Waals surface area contributed by atoms with Crippen LogP contribution in [0.4, 0.5) is 13.2 Å². The number of hydrogen-bond acceptors (Lipinski definition) is 5. The molecule has 1 aromatic carbocycles. The van der Waals surface area contributed by atoms with E-state index < -0.39 is 23.8 Å². The summed E-state index contributed by atoms with van der Waals surface area (Å²) in [6, 6.07) is 4.47. The number of carboxylic acids is 1. The van der Waals surface area contributed by atoms with Gasteiger partial charge in [0.15, 0.2) is 5.78 Å². The van der Waals surface area contributed by atoms with Gasteiger partial charge in [0.05, 0.1) is 11.7 Å². The van der Waals surface area contributed by atoms with Gasteiger partial charge in [0.25, 0.3) is 0 Å². The van der Waals surface area contributed by atoms with Crippen molar-refractivity contribution in [3.8, 4) is 5.75 Å². The van der Waals surface area contributed by atoms with Gasteiger partial charge in [-0.25, -0.2) is 0 Å². The Morgan fingerprint density at radius 3 is 2.77 bits per heavy atom. The molecular weight excluding hydrogens is 433 g/mol. The molecule has 170 valence electrons. The van der Waals surface area contributed by atoms with E-state index in [0.717, 1.165) is 12.1 Å². The third-order valence-electron chi connectivity index (χ3n) is 4.62. The Labute approximate surface area is 183 Å². The molecule has 31 heavy (non-hydrogen) atoms. The number of aliphatic hydroxyl groups excluding tert-OH is 1. The number of benzene rings is 1. The summed E-state index contributed by atoms with van der Waals surface area (Å²) < 4.78 is 43.5. The van der Waals surface area contributed by atoms with Crippen LogP contribution in [0.2, 0.25) is 0 Å². The Balaban J connectivity index is 1.75. The normalized spacial score (nSPS) is 19.8. The van der Waals surface area contributed by atoms with Crippen LogP contribution in [-0.2, 0) is 15.8 Å². The number of carboxylic acid groups (broad SMARTS) is 1. The number of thioether (sulfide) groups is 1. The predicted octanol–water partition coefficient (Wildman–Crippen LogP) is 4.50. The molecule has 0 saturated heterocycles. The zero-order chi connectivity index (χ0) is 22.9. The van der Waals surface area contributed by atoms with E-state index in [-0.39, 0.29) is 41.5 Å². The summed E-state index contributed by atoms with van der Waals surface area (Å²) in [5.74, 6) is -0.795. The van der Waals surface area contributed by atoms with Gasteiger partial charge in [0, 0.05) is 23.3 Å². The van der Waals surface area contributed by atoms with Crippen molar-refractivity contribution in [3.05, 3.63) is 54.1 Å². The number of rotatable bonds is 12. The quantitative estimate of drug-likeness (QED) is 0.354. The first kappa shape index (κ1) is 25.0. The molecule has 0 bridgehead atoms. The van der Waals surface area contributed by atoms with Crippen molar-refractivity contribution in [3.63, 3.8) is 0 Å². The molecule has 2 rings (SSSR count). The van der Waals surface area contributed by atoms with Crippen molar-refractivity contribution in [2.75, 3.05) is 12.4 Å². The van der Waals surface area contributed by atoms with Gasteiger partial charge < -0.3 is 14.9 Å². The van der Waals surface area contributed by atoms with Crippen LogP contribution in [0.5, 0.6) is 5.75 Å². The molecule has 0 radical (unpaired) electrons. The Kier molecular flexibility index (Phi) is 9.64. The SMILES string of the molecule is O=C(O)CCC/C=C\CC1C(=O)C=CC1SCC(O)COc1cccc(C(F)(F)F)c1. The van der Waals surface area contributed by atoms with Crippen LogP contribution in [0.25, 0.3) is 0 Å². The van der Waals surface area contributed by atoms with Gasteiger partial charge in [-0.3, -0.25) is 9.59 Å². The van der Waals surface area contributed by atoms with Crippen LogP contribution < -0.4 is 4.74 Å². The number of halogens is 3. The maximum Gasteiger partial charge on any atom is 0.416 e. The lowest BCUT2D eigenvalue weighted by Gasteiger charge is -2.19. The molecule has 2 N–H and O–H groups in total. The Bertz CT molecular complexity index is 807. The molecule has 5 nitrogen and oxygen atoms in total. The number of alkyl halides is 3. The minimum absolute atomic E-state index is 0.00221. The Hall–Kier alpha value is -2.26. The number of aliphatic hydroxyl groups is 1. The molecule has 9 heteroatoms. The number of ether oxygens (including phenoxy) is 1. The van der Waals surface area contributed by atoms with E-state index >= 15 is 0 Å². The molecule has 1 aromatic rings. The van der Waals surface area contributed by atoms with Crippen LogP contribution in [0, 0.1) is 5.92 Å². The number of unbranched alkanes of at least 4 members (excludes halogenated alkanes) is 1. The lowest BCUT2D eigenvalue weighted by Crippen LogP contribution is -2.24. The third kappa shape index (κ3) is 8.78. The van der Waals surface area contributed by atoms with Crippen molar-refractivity contribution < 1.29 is 37.7 Å². The maximum atomic E-state index is 12.7. The van der Waals surface area contributed by atoms with Gasteiger partial charge in [-0.15, -0.1) is 0 Å². The maximum absolute atomic E-state index is 12.7. The summed E-state index contributed by atoms with van der Waals surface area (Å²) in [6.45, 7) is -0.160. The van der Waals surface area contributed by atoms with Gasteiger partial charge in [-0.2, -0.15) is 24.9 Å². The van der Waals surface area contributed by atoms with Crippen molar-refractivity contribution in [2.24, 2.45) is 5.92 Å². The molecular formula is C22H25F3O5S. The second kappa shape index (κ2) is 12.0. The van der Waals surface area contributed by atoms with Crippen LogP contribution >= 0.6 is 11.8 Å². The first-order chi connectivity index (χ1) is 14.7. The van der Waals surface area contributed by atoms with Crippen LogP contribution in [-0.4, -0.2) is 45.7 Å². The number of hydrogen-bond donors (Lipinski definition) is 2. The minimum atomic E-state index is -4.46. The summed E-state index contributed by atoms with van der Waals surface area (Å²) in [5, 5.41) is 18.6. The fraction of sp³-hybridized carbons (Fsp3) is 0.455. The van der Waals surface area contributed by atoms with E-state index in [1.54, 1.807) is 6.08 Å². The van der Waals surface area contributed by atoms with Gasteiger partial charge >= 0.3 is 12.1 Å². The molecule has 0 saturated carbocycles. The highest BCUT2D eigenvalue weighted by Crippen LogP contribution is 2.32. The van der Waals surface area contributed by atoms with Crippen molar-refractivity contribution in [2.45, 2.75) is 43.2 Å². The van der Waals surface area contributed by atoms with Gasteiger partial charge in [0.2, 0.25) is 0 Å². The zero-order valence-electron chi connectivity index (χ0n) is 16.8. The molecule has 0 fully saturated rings. The second-order valence-corrected chi connectivity index (χ2v) is 8.36. The Morgan fingerprint density at radius 1 is 1.29 bits per heavy atom. The average Bonchev–Trinajstić information content (AvgIpc) is 3.06. The van der Waals surface area contributed by atoms with Crippen molar-refractivity contribution in [1.29, 1.82) is 0 Å². The highest BCUT2D eigenvalue weighted by atomic mass is 32.2. The van der Waals surface area contributed by atoms with E-state index in [0.29, 0.717) is 19.3 Å². The number of carbonyl (C=O) groups is 2. The van der Waals surface area contributed by atoms with Crippen LogP contribution in [0.1, 0.15) is 31.2 Å². The highest BCUT2D eigenvalue weighted by Gasteiger charge is 2.31. The lowest BCUT2D eigenvalue weighted by molar-refractivity contribution is -0.138. The van der Waals surface area contributed by atoms with Crippen molar-refractivity contribution >= 4 is 23.5 Å². The summed E-state index contributed by atoms with van der Waals surface area (Å²) >= 11 is 1.39. The number of ketones is 1. The largest absolute Gasteiger partial charge is 0.491 e. The molecule has 0 amide bonds. The number of allylic oxidation sites excluding steroid dienone is 3. The standard InChI is InChI=1S/C22H25F3O5S/c23-22(24,25)15-6-5-7-17(12-15)30-13-16(26)14-31-20-11-10-19(27)18(20)8-3-1-2-4-9-21(28)29/h1,3,5-7,10-12,16,18,20,26H,2,4,8-9,13-14H2,(H,28,29)/b3-1-. The van der Waals surface area contributed by atoms with Crippen LogP contribution in [0.3, 0.4) is 0 Å². The lowest BCUT2D eigenvalue weighted by atomic mass is 10.0. The van der Waals surface area contributed by atoms with E-state index in [9.17, 15) is 27.9 Å². The van der Waals surface area contributed by atoms with Gasteiger partial charge in [0.1, 0.15) is 12.4 Å². The first-order valence-electron chi connectivity index (χ1n) is 9.85. The van der Waals surface area contributed by atoms with Gasteiger partial charge in [-0.05, 0) is 43.5 Å². The predicted molar refractivity (Wildman–Crippen MR) is 112 cm³/mol. The molecule has 1 aliphatic rings. The monoisotopic (exact) mass is 458 g/mol. The van der Waals surface area contributed by atoms with E-state index in [1.165, 1.54) is 30.0 Å². The van der Waals surface area contributed by atoms with E-state index in [2.05, 4.69) is 0 Å². The summed E-state index contributed by atoms with van der Waals surface area (Å²) in [6.07, 6.45) is 3.48. The molecule has 0 spiro atoms. The molecule has 3 unspecified atom stereocenters. The average molecular weight is 458 g/mol. The smallest absolute Gasteiger partial charge is 0.416 e. The van der Waals surface area contributed by atoms with Crippen molar-refractivity contribution in [1.82, 2.24) is 0 Å². The molecule has 3 atom stereocenters. The first-order valence-corrected chi connectivity index (χ1v) is 10.9. The molecule has 0 aromatic heterocycles. The molecule has 0 heterocycles. The zero-order valence-corrected chi connectivity index (χ0v) is 17.6. The second-order valence-electron chi connectivity index (χ2n) is 7.15. The third-order valence-corrected chi connectivity index (χ3v) is 6.06. The van der Waals surface area contributed by atoms with Gasteiger partial charge in [-0.1, -0.05) is 24.3 Å². The fourth-order valence-electron chi connectivity index (χ4n) is 2.99. The molecule has 1 aliphatic carbocycles. The number of carbonyl (C=O) groups excluding carboxylic acids is 1.